The monoisotopic (exact) mass is 280 g/mol. The summed E-state index contributed by atoms with van der Waals surface area (Å²) in [6, 6.07) is 4.08. The van der Waals surface area contributed by atoms with Crippen molar-refractivity contribution in [3.05, 3.63) is 38.5 Å². The minimum absolute atomic E-state index is 0.149. The van der Waals surface area contributed by atoms with Crippen molar-refractivity contribution in [3.63, 3.8) is 0 Å². The Morgan fingerprint density at radius 2 is 2.28 bits per heavy atom. The second-order valence-electron chi connectivity index (χ2n) is 4.02. The molecule has 0 aliphatic carbocycles. The van der Waals surface area contributed by atoms with Gasteiger partial charge < -0.3 is 4.90 Å². The van der Waals surface area contributed by atoms with Gasteiger partial charge in [0, 0.05) is 16.8 Å². The highest BCUT2D eigenvalue weighted by Gasteiger charge is 2.14. The lowest BCUT2D eigenvalue weighted by Crippen LogP contribution is -2.31. The predicted octanol–water partition coefficient (Wildman–Crippen LogP) is 3.10. The third-order valence-electron chi connectivity index (χ3n) is 2.66. The van der Waals surface area contributed by atoms with Crippen molar-refractivity contribution in [3.8, 4) is 0 Å². The van der Waals surface area contributed by atoms with E-state index in [4.69, 9.17) is 0 Å². The molecule has 0 saturated heterocycles. The van der Waals surface area contributed by atoms with Gasteiger partial charge in [-0.15, -0.1) is 22.7 Å². The van der Waals surface area contributed by atoms with Crippen molar-refractivity contribution in [1.82, 2.24) is 9.88 Å². The second-order valence-corrected chi connectivity index (χ2v) is 6.12. The van der Waals surface area contributed by atoms with Gasteiger partial charge in [0.05, 0.1) is 23.7 Å². The van der Waals surface area contributed by atoms with Crippen LogP contribution in [0.3, 0.4) is 0 Å². The number of aromatic nitrogens is 1. The number of rotatable bonds is 5. The fourth-order valence-electron chi connectivity index (χ4n) is 1.72. The van der Waals surface area contributed by atoms with Gasteiger partial charge in [-0.2, -0.15) is 0 Å². The molecule has 0 N–H and O–H groups in total. The maximum absolute atomic E-state index is 12.2. The molecule has 96 valence electrons. The summed E-state index contributed by atoms with van der Waals surface area (Å²) in [5.41, 5.74) is 0.882. The first-order valence-electron chi connectivity index (χ1n) is 5.90. The number of aryl methyl sites for hydroxylation is 1. The molecule has 18 heavy (non-hydrogen) atoms. The summed E-state index contributed by atoms with van der Waals surface area (Å²) in [7, 11) is 0. The zero-order valence-corrected chi connectivity index (χ0v) is 12.2. The summed E-state index contributed by atoms with van der Waals surface area (Å²) in [6.45, 7) is 5.41. The molecule has 3 nitrogen and oxygen atoms in total. The Morgan fingerprint density at radius 1 is 1.44 bits per heavy atom. The lowest BCUT2D eigenvalue weighted by molar-refractivity contribution is -0.130. The molecule has 2 aromatic heterocycles. The lowest BCUT2D eigenvalue weighted by atomic mass is 10.3. The summed E-state index contributed by atoms with van der Waals surface area (Å²) in [4.78, 5) is 19.6. The quantitative estimate of drug-likeness (QED) is 0.843. The first-order valence-corrected chi connectivity index (χ1v) is 7.66. The van der Waals surface area contributed by atoms with Crippen LogP contribution in [0.1, 0.15) is 22.5 Å². The molecule has 5 heteroatoms. The van der Waals surface area contributed by atoms with Crippen LogP contribution < -0.4 is 0 Å². The summed E-state index contributed by atoms with van der Waals surface area (Å²) in [5.74, 6) is 0.149. The predicted molar refractivity (Wildman–Crippen MR) is 76.0 cm³/mol. The zero-order chi connectivity index (χ0) is 13.0. The molecule has 0 radical (unpaired) electrons. The molecule has 2 aromatic rings. The van der Waals surface area contributed by atoms with Crippen molar-refractivity contribution in [2.45, 2.75) is 26.8 Å². The molecule has 2 rings (SSSR count). The van der Waals surface area contributed by atoms with E-state index >= 15 is 0 Å². The van der Waals surface area contributed by atoms with Gasteiger partial charge in [-0.1, -0.05) is 6.07 Å². The molecular weight excluding hydrogens is 264 g/mol. The van der Waals surface area contributed by atoms with Gasteiger partial charge in [0.2, 0.25) is 5.91 Å². The van der Waals surface area contributed by atoms with Gasteiger partial charge in [-0.3, -0.25) is 4.79 Å². The molecular formula is C13H16N2OS2. The van der Waals surface area contributed by atoms with Crippen molar-refractivity contribution >= 4 is 28.6 Å². The number of nitrogens with zero attached hydrogens (tertiary/aromatic N) is 2. The largest absolute Gasteiger partial charge is 0.337 e. The van der Waals surface area contributed by atoms with Crippen molar-refractivity contribution in [2.24, 2.45) is 0 Å². The average molecular weight is 280 g/mol. The maximum Gasteiger partial charge on any atom is 0.228 e. The van der Waals surface area contributed by atoms with Crippen LogP contribution in [0, 0.1) is 6.92 Å². The van der Waals surface area contributed by atoms with E-state index in [0.717, 1.165) is 17.2 Å². The van der Waals surface area contributed by atoms with E-state index in [1.165, 1.54) is 4.88 Å². The van der Waals surface area contributed by atoms with Crippen molar-refractivity contribution < 1.29 is 4.79 Å². The third kappa shape index (κ3) is 3.40. The summed E-state index contributed by atoms with van der Waals surface area (Å²) >= 11 is 3.28. The standard InChI is InChI=1S/C13H16N2OS2/c1-3-15(8-12-5-4-6-17-12)13(16)7-11-9-18-10(2)14-11/h4-6,9H,3,7-8H2,1-2H3. The van der Waals surface area contributed by atoms with Gasteiger partial charge in [-0.25, -0.2) is 4.98 Å². The third-order valence-corrected chi connectivity index (χ3v) is 4.34. The van der Waals surface area contributed by atoms with Gasteiger partial charge in [0.25, 0.3) is 0 Å². The Kier molecular flexibility index (Phi) is 4.49. The van der Waals surface area contributed by atoms with E-state index in [9.17, 15) is 4.79 Å². The van der Waals surface area contributed by atoms with Crippen molar-refractivity contribution in [2.75, 3.05) is 6.54 Å². The van der Waals surface area contributed by atoms with Crippen LogP contribution in [0.15, 0.2) is 22.9 Å². The van der Waals surface area contributed by atoms with Gasteiger partial charge in [-0.05, 0) is 25.3 Å². The zero-order valence-electron chi connectivity index (χ0n) is 10.5. The fraction of sp³-hybridized carbons (Fsp3) is 0.385. The summed E-state index contributed by atoms with van der Waals surface area (Å²) < 4.78 is 0. The number of carbonyl (C=O) groups excluding carboxylic acids is 1. The number of hydrogen-bond donors (Lipinski definition) is 0. The number of hydrogen-bond acceptors (Lipinski definition) is 4. The number of carbonyl (C=O) groups is 1. The average Bonchev–Trinajstić information content (AvgIpc) is 2.97. The Balaban J connectivity index is 1.97. The van der Waals surface area contributed by atoms with Crippen LogP contribution in [0.25, 0.3) is 0 Å². The van der Waals surface area contributed by atoms with Crippen LogP contribution in [0.5, 0.6) is 0 Å². The van der Waals surface area contributed by atoms with E-state index in [0.29, 0.717) is 13.0 Å². The molecule has 0 bridgehead atoms. The fourth-order valence-corrected chi connectivity index (χ4v) is 3.06. The number of thiophene rings is 1. The Morgan fingerprint density at radius 3 is 2.83 bits per heavy atom. The smallest absolute Gasteiger partial charge is 0.228 e. The highest BCUT2D eigenvalue weighted by atomic mass is 32.1. The first kappa shape index (κ1) is 13.2. The minimum atomic E-state index is 0.149. The van der Waals surface area contributed by atoms with Crippen LogP contribution in [-0.2, 0) is 17.8 Å². The Bertz CT molecular complexity index is 505. The molecule has 0 unspecified atom stereocenters. The molecule has 0 spiro atoms. The minimum Gasteiger partial charge on any atom is -0.337 e. The molecule has 0 aliphatic heterocycles. The Labute approximate surface area is 115 Å². The van der Waals surface area contributed by atoms with Gasteiger partial charge in [0.1, 0.15) is 0 Å². The van der Waals surface area contributed by atoms with E-state index in [2.05, 4.69) is 11.1 Å². The molecule has 0 aliphatic rings. The number of likely N-dealkylation sites (N-methyl/N-ethyl adjacent to an activating group) is 1. The van der Waals surface area contributed by atoms with Gasteiger partial charge in [0.15, 0.2) is 0 Å². The highest BCUT2D eigenvalue weighted by Crippen LogP contribution is 2.14. The molecule has 0 saturated carbocycles. The van der Waals surface area contributed by atoms with E-state index < -0.39 is 0 Å². The molecule has 0 fully saturated rings. The van der Waals surface area contributed by atoms with Gasteiger partial charge >= 0.3 is 0 Å². The van der Waals surface area contributed by atoms with Crippen LogP contribution in [0.4, 0.5) is 0 Å². The topological polar surface area (TPSA) is 33.2 Å². The Hall–Kier alpha value is -1.20. The first-order chi connectivity index (χ1) is 8.69. The van der Waals surface area contributed by atoms with Crippen LogP contribution >= 0.6 is 22.7 Å². The van der Waals surface area contributed by atoms with E-state index in [-0.39, 0.29) is 5.91 Å². The molecule has 0 aromatic carbocycles. The highest BCUT2D eigenvalue weighted by molar-refractivity contribution is 7.10. The normalized spacial score (nSPS) is 10.6. The molecule has 0 atom stereocenters. The SMILES string of the molecule is CCN(Cc1cccs1)C(=O)Cc1csc(C)n1. The summed E-state index contributed by atoms with van der Waals surface area (Å²) in [5, 5.41) is 5.02. The van der Waals surface area contributed by atoms with E-state index in [1.807, 2.05) is 35.6 Å². The maximum atomic E-state index is 12.2. The van der Waals surface area contributed by atoms with Crippen molar-refractivity contribution in [1.29, 1.82) is 0 Å². The number of amides is 1. The van der Waals surface area contributed by atoms with Crippen LogP contribution in [0.2, 0.25) is 0 Å². The lowest BCUT2D eigenvalue weighted by Gasteiger charge is -2.19. The molecule has 2 heterocycles. The second kappa shape index (κ2) is 6.11. The van der Waals surface area contributed by atoms with E-state index in [1.54, 1.807) is 22.7 Å². The van der Waals surface area contributed by atoms with Crippen LogP contribution in [-0.4, -0.2) is 22.3 Å². The molecule has 1 amide bonds. The number of thiazole rings is 1. The summed E-state index contributed by atoms with van der Waals surface area (Å²) in [6.07, 6.45) is 0.406.